The number of hydrogen-bond donors (Lipinski definition) is 2. The Hall–Kier alpha value is -4.08. The van der Waals surface area contributed by atoms with Crippen LogP contribution in [-0.4, -0.2) is 31.9 Å². The van der Waals surface area contributed by atoms with Gasteiger partial charge in [-0.05, 0) is 25.1 Å². The number of carbonyl (C=O) groups excluding carboxylic acids is 1. The summed E-state index contributed by atoms with van der Waals surface area (Å²) in [5.41, 5.74) is 1.86. The molecule has 3 aromatic rings. The molecule has 28 heavy (non-hydrogen) atoms. The third-order valence-corrected chi connectivity index (χ3v) is 3.96. The van der Waals surface area contributed by atoms with E-state index in [9.17, 15) is 24.8 Å². The maximum Gasteiger partial charge on any atom is 0.311 e. The molecule has 0 bridgehead atoms. The number of aromatic nitrogens is 2. The lowest BCUT2D eigenvalue weighted by molar-refractivity contribution is -0.385. The van der Waals surface area contributed by atoms with Crippen LogP contribution in [-0.2, 0) is 6.54 Å². The van der Waals surface area contributed by atoms with Gasteiger partial charge in [-0.3, -0.25) is 19.7 Å². The molecule has 0 saturated carbocycles. The van der Waals surface area contributed by atoms with Gasteiger partial charge in [0.15, 0.2) is 11.4 Å². The van der Waals surface area contributed by atoms with E-state index >= 15 is 0 Å². The van der Waals surface area contributed by atoms with E-state index in [4.69, 9.17) is 0 Å². The van der Waals surface area contributed by atoms with Gasteiger partial charge in [-0.2, -0.15) is 10.2 Å². The minimum absolute atomic E-state index is 0.0332. The predicted octanol–water partition coefficient (Wildman–Crippen LogP) is 1.79. The summed E-state index contributed by atoms with van der Waals surface area (Å²) in [5, 5.41) is 28.9. The van der Waals surface area contributed by atoms with Crippen LogP contribution >= 0.6 is 0 Å². The maximum atomic E-state index is 12.5. The van der Waals surface area contributed by atoms with E-state index in [-0.39, 0.29) is 11.3 Å². The zero-order valence-electron chi connectivity index (χ0n) is 14.7. The van der Waals surface area contributed by atoms with Crippen LogP contribution < -0.4 is 11.0 Å². The monoisotopic (exact) mass is 381 g/mol. The number of nitro groups is 1. The molecule has 0 saturated heterocycles. The van der Waals surface area contributed by atoms with Gasteiger partial charge in [0.05, 0.1) is 16.5 Å². The lowest BCUT2D eigenvalue weighted by Gasteiger charge is -2.08. The van der Waals surface area contributed by atoms with E-state index in [2.05, 4.69) is 15.6 Å². The Morgan fingerprint density at radius 2 is 2.04 bits per heavy atom. The van der Waals surface area contributed by atoms with Crippen molar-refractivity contribution in [3.63, 3.8) is 0 Å². The van der Waals surface area contributed by atoms with Gasteiger partial charge in [-0.15, -0.1) is 0 Å². The Kier molecular flexibility index (Phi) is 5.12. The standard InChI is InChI=1S/C18H15N5O5/c1-2-22-18(26)13-6-4-3-5-12(13)16(21-22)17(25)20-19-10-11-7-8-15(24)14(9-11)23(27)28/h3-10,24H,2H2,1H3,(H,20,25)/b19-10+. The molecule has 1 aromatic heterocycles. The average Bonchev–Trinajstić information content (AvgIpc) is 2.69. The van der Waals surface area contributed by atoms with Crippen molar-refractivity contribution < 1.29 is 14.8 Å². The number of benzene rings is 2. The first kappa shape index (κ1) is 18.7. The van der Waals surface area contributed by atoms with Crippen molar-refractivity contribution in [1.82, 2.24) is 15.2 Å². The summed E-state index contributed by atoms with van der Waals surface area (Å²) in [4.78, 5) is 34.9. The summed E-state index contributed by atoms with van der Waals surface area (Å²) in [7, 11) is 0. The molecule has 0 atom stereocenters. The van der Waals surface area contributed by atoms with E-state index < -0.39 is 22.3 Å². The molecule has 10 heteroatoms. The number of amides is 1. The molecule has 0 aliphatic heterocycles. The fourth-order valence-electron chi connectivity index (χ4n) is 2.60. The number of carbonyl (C=O) groups is 1. The smallest absolute Gasteiger partial charge is 0.311 e. The van der Waals surface area contributed by atoms with Crippen LogP contribution in [0.25, 0.3) is 10.8 Å². The molecule has 3 rings (SSSR count). The highest BCUT2D eigenvalue weighted by Crippen LogP contribution is 2.25. The van der Waals surface area contributed by atoms with Gasteiger partial charge in [-0.25, -0.2) is 10.1 Å². The second-order valence-corrected chi connectivity index (χ2v) is 5.72. The van der Waals surface area contributed by atoms with Gasteiger partial charge in [0, 0.05) is 23.6 Å². The molecule has 1 heterocycles. The molecule has 0 spiro atoms. The van der Waals surface area contributed by atoms with E-state index in [0.717, 1.165) is 12.1 Å². The third kappa shape index (κ3) is 3.56. The van der Waals surface area contributed by atoms with E-state index in [1.165, 1.54) is 17.0 Å². The lowest BCUT2D eigenvalue weighted by Crippen LogP contribution is -2.28. The molecular formula is C18H15N5O5. The lowest BCUT2D eigenvalue weighted by atomic mass is 10.1. The van der Waals surface area contributed by atoms with Crippen LogP contribution in [0.3, 0.4) is 0 Å². The first-order valence-corrected chi connectivity index (χ1v) is 8.23. The number of aromatic hydroxyl groups is 1. The summed E-state index contributed by atoms with van der Waals surface area (Å²) in [6.45, 7) is 2.03. The van der Waals surface area contributed by atoms with Gasteiger partial charge in [-0.1, -0.05) is 18.2 Å². The number of phenolic OH excluding ortho intramolecular Hbond substituents is 1. The minimum atomic E-state index is -0.727. The quantitative estimate of drug-likeness (QED) is 0.392. The molecule has 0 fully saturated rings. The minimum Gasteiger partial charge on any atom is -0.502 e. The molecule has 0 aliphatic rings. The number of phenols is 1. The van der Waals surface area contributed by atoms with Crippen molar-refractivity contribution in [3.05, 3.63) is 74.2 Å². The van der Waals surface area contributed by atoms with Crippen molar-refractivity contribution in [1.29, 1.82) is 0 Å². The second-order valence-electron chi connectivity index (χ2n) is 5.72. The average molecular weight is 381 g/mol. The van der Waals surface area contributed by atoms with Crippen LogP contribution in [0.5, 0.6) is 5.75 Å². The molecule has 142 valence electrons. The number of hydrogen-bond acceptors (Lipinski definition) is 7. The highest BCUT2D eigenvalue weighted by molar-refractivity contribution is 6.05. The number of nitro benzene ring substituents is 1. The predicted molar refractivity (Wildman–Crippen MR) is 101 cm³/mol. The fourth-order valence-corrected chi connectivity index (χ4v) is 2.60. The first-order valence-electron chi connectivity index (χ1n) is 8.23. The van der Waals surface area contributed by atoms with Crippen LogP contribution in [0.15, 0.2) is 52.4 Å². The Bertz CT molecular complexity index is 1170. The fraction of sp³-hybridized carbons (Fsp3) is 0.111. The number of hydrazone groups is 1. The first-order chi connectivity index (χ1) is 13.4. The van der Waals surface area contributed by atoms with Crippen LogP contribution in [0.2, 0.25) is 0 Å². The van der Waals surface area contributed by atoms with E-state index in [0.29, 0.717) is 22.9 Å². The molecule has 2 aromatic carbocycles. The summed E-state index contributed by atoms with van der Waals surface area (Å²) in [6.07, 6.45) is 1.20. The number of nitrogens with one attached hydrogen (secondary N) is 1. The number of aryl methyl sites for hydroxylation is 1. The molecule has 2 N–H and O–H groups in total. The number of rotatable bonds is 5. The van der Waals surface area contributed by atoms with Crippen LogP contribution in [0.4, 0.5) is 5.69 Å². The normalized spacial score (nSPS) is 11.0. The van der Waals surface area contributed by atoms with Crippen molar-refractivity contribution >= 4 is 28.6 Å². The van der Waals surface area contributed by atoms with Crippen molar-refractivity contribution in [3.8, 4) is 5.75 Å². The van der Waals surface area contributed by atoms with E-state index in [1.54, 1.807) is 31.2 Å². The van der Waals surface area contributed by atoms with Gasteiger partial charge in [0.25, 0.3) is 11.5 Å². The van der Waals surface area contributed by atoms with Crippen LogP contribution in [0.1, 0.15) is 23.0 Å². The molecule has 0 unspecified atom stereocenters. The summed E-state index contributed by atoms with van der Waals surface area (Å²) in [6, 6.07) is 10.3. The number of fused-ring (bicyclic) bond motifs is 1. The Morgan fingerprint density at radius 3 is 2.71 bits per heavy atom. The van der Waals surface area contributed by atoms with Gasteiger partial charge < -0.3 is 5.11 Å². The Labute approximate surface area is 157 Å². The molecule has 10 nitrogen and oxygen atoms in total. The summed E-state index contributed by atoms with van der Waals surface area (Å²) >= 11 is 0. The topological polar surface area (TPSA) is 140 Å². The van der Waals surface area contributed by atoms with Crippen molar-refractivity contribution in [2.24, 2.45) is 5.10 Å². The third-order valence-electron chi connectivity index (χ3n) is 3.96. The number of nitrogens with zero attached hydrogens (tertiary/aromatic N) is 4. The summed E-state index contributed by atoms with van der Waals surface area (Å²) in [5.74, 6) is -1.10. The molecule has 1 amide bonds. The molecule has 0 radical (unpaired) electrons. The van der Waals surface area contributed by atoms with Crippen molar-refractivity contribution in [2.45, 2.75) is 13.5 Å². The molecule has 0 aliphatic carbocycles. The van der Waals surface area contributed by atoms with Crippen LogP contribution in [0, 0.1) is 10.1 Å². The van der Waals surface area contributed by atoms with E-state index in [1.807, 2.05) is 0 Å². The van der Waals surface area contributed by atoms with Gasteiger partial charge >= 0.3 is 5.69 Å². The van der Waals surface area contributed by atoms with Crippen molar-refractivity contribution in [2.75, 3.05) is 0 Å². The van der Waals surface area contributed by atoms with Gasteiger partial charge in [0.1, 0.15) is 0 Å². The SMILES string of the molecule is CCn1nc(C(=O)N/N=C/c2ccc(O)c([N+](=O)[O-])c2)c2ccccc2c1=O. The Balaban J connectivity index is 1.89. The molecular weight excluding hydrogens is 366 g/mol. The summed E-state index contributed by atoms with van der Waals surface area (Å²) < 4.78 is 1.18. The Morgan fingerprint density at radius 1 is 1.32 bits per heavy atom. The zero-order valence-corrected chi connectivity index (χ0v) is 14.7. The maximum absolute atomic E-state index is 12.5. The van der Waals surface area contributed by atoms with Gasteiger partial charge in [0.2, 0.25) is 0 Å². The highest BCUT2D eigenvalue weighted by Gasteiger charge is 2.16. The highest BCUT2D eigenvalue weighted by atomic mass is 16.6. The second kappa shape index (κ2) is 7.66. The zero-order chi connectivity index (χ0) is 20.3. The largest absolute Gasteiger partial charge is 0.502 e.